The van der Waals surface area contributed by atoms with Crippen LogP contribution in [0.4, 0.5) is 5.69 Å². The largest absolute Gasteiger partial charge is 0.369 e. The van der Waals surface area contributed by atoms with Gasteiger partial charge >= 0.3 is 0 Å². The molecule has 0 radical (unpaired) electrons. The van der Waals surface area contributed by atoms with E-state index >= 15 is 0 Å². The van der Waals surface area contributed by atoms with Crippen LogP contribution in [0.15, 0.2) is 54.1 Å². The smallest absolute Gasteiger partial charge is 0.160 e. The van der Waals surface area contributed by atoms with Gasteiger partial charge in [-0.3, -0.25) is 9.56 Å². The van der Waals surface area contributed by atoms with E-state index in [-0.39, 0.29) is 12.1 Å². The first-order valence-electron chi connectivity index (χ1n) is 15.9. The summed E-state index contributed by atoms with van der Waals surface area (Å²) < 4.78 is 2.09. The lowest BCUT2D eigenvalue weighted by Gasteiger charge is -2.43. The molecule has 1 saturated carbocycles. The van der Waals surface area contributed by atoms with Gasteiger partial charge in [-0.05, 0) is 57.9 Å². The maximum atomic E-state index is 4.94. The number of piperazine rings is 1. The van der Waals surface area contributed by atoms with Crippen LogP contribution >= 0.6 is 0 Å². The predicted molar refractivity (Wildman–Crippen MR) is 174 cm³/mol. The summed E-state index contributed by atoms with van der Waals surface area (Å²) in [5.74, 6) is 1.87. The maximum Gasteiger partial charge on any atom is 0.160 e. The summed E-state index contributed by atoms with van der Waals surface area (Å²) in [5, 5.41) is 12.2. The van der Waals surface area contributed by atoms with Crippen LogP contribution in [0.3, 0.4) is 0 Å². The van der Waals surface area contributed by atoms with E-state index in [1.165, 1.54) is 36.9 Å². The minimum atomic E-state index is 0.0620. The molecular weight excluding hydrogens is 508 g/mol. The van der Waals surface area contributed by atoms with Crippen LogP contribution in [0.5, 0.6) is 0 Å². The summed E-state index contributed by atoms with van der Waals surface area (Å²) in [4.78, 5) is 12.3. The highest BCUT2D eigenvalue weighted by Crippen LogP contribution is 2.42. The minimum Gasteiger partial charge on any atom is -0.369 e. The van der Waals surface area contributed by atoms with Gasteiger partial charge in [0.2, 0.25) is 0 Å². The van der Waals surface area contributed by atoms with E-state index in [2.05, 4.69) is 86.5 Å². The number of rotatable bonds is 6. The van der Waals surface area contributed by atoms with E-state index in [0.29, 0.717) is 6.04 Å². The number of allylic oxidation sites excluding steroid dienone is 1. The molecule has 1 aromatic carbocycles. The van der Waals surface area contributed by atoms with Crippen molar-refractivity contribution in [3.8, 4) is 0 Å². The van der Waals surface area contributed by atoms with Gasteiger partial charge in [-0.1, -0.05) is 66.2 Å². The SMILES string of the molecule is C=C1/C(=C\NC(C)=NC(C)c2ccc(N3CCN(C)CC3)cc2)n2cnnc2C(CC)N1C1CCCC1.CC.CC. The number of amidine groups is 1. The zero-order valence-corrected chi connectivity index (χ0v) is 26.9. The number of hydrogen-bond acceptors (Lipinski definition) is 6. The fraction of sp³-hybridized carbons (Fsp3) is 0.606. The molecular formula is C33H54N8. The van der Waals surface area contributed by atoms with Gasteiger partial charge in [-0.25, -0.2) is 0 Å². The van der Waals surface area contributed by atoms with Crippen molar-refractivity contribution in [2.45, 2.75) is 98.7 Å². The van der Waals surface area contributed by atoms with Crippen LogP contribution in [0.25, 0.3) is 5.70 Å². The molecule has 1 N–H and O–H groups in total. The fourth-order valence-electron chi connectivity index (χ4n) is 6.03. The van der Waals surface area contributed by atoms with E-state index in [1.54, 1.807) is 6.33 Å². The number of nitrogens with one attached hydrogen (secondary N) is 1. The summed E-state index contributed by atoms with van der Waals surface area (Å²) in [5.41, 5.74) is 4.55. The number of anilines is 1. The lowest BCUT2D eigenvalue weighted by molar-refractivity contribution is 0.170. The minimum absolute atomic E-state index is 0.0620. The number of aliphatic imine (C=N–C) groups is 1. The van der Waals surface area contributed by atoms with E-state index in [0.717, 1.165) is 55.7 Å². The first-order valence-corrected chi connectivity index (χ1v) is 15.9. The second-order valence-electron chi connectivity index (χ2n) is 10.7. The van der Waals surface area contributed by atoms with Crippen LogP contribution < -0.4 is 10.2 Å². The Morgan fingerprint density at radius 1 is 1.07 bits per heavy atom. The van der Waals surface area contributed by atoms with Crippen molar-refractivity contribution in [1.29, 1.82) is 0 Å². The van der Waals surface area contributed by atoms with Crippen LogP contribution in [-0.4, -0.2) is 69.7 Å². The van der Waals surface area contributed by atoms with E-state index < -0.39 is 0 Å². The van der Waals surface area contributed by atoms with Gasteiger partial charge in [0.25, 0.3) is 0 Å². The first-order chi connectivity index (χ1) is 20.0. The molecule has 0 amide bonds. The van der Waals surface area contributed by atoms with Crippen LogP contribution in [0, 0.1) is 0 Å². The molecule has 5 rings (SSSR count). The van der Waals surface area contributed by atoms with Gasteiger partial charge in [0.05, 0.1) is 29.3 Å². The average Bonchev–Trinajstić information content (AvgIpc) is 3.72. The Bertz CT molecular complexity index is 1130. The van der Waals surface area contributed by atoms with Gasteiger partial charge in [-0.2, -0.15) is 0 Å². The second kappa shape index (κ2) is 15.8. The van der Waals surface area contributed by atoms with Gasteiger partial charge in [0, 0.05) is 44.1 Å². The normalized spacial score (nSPS) is 21.6. The van der Waals surface area contributed by atoms with Crippen molar-refractivity contribution in [2.24, 2.45) is 4.99 Å². The molecule has 41 heavy (non-hydrogen) atoms. The number of aromatic nitrogens is 3. The predicted octanol–water partition coefficient (Wildman–Crippen LogP) is 6.87. The van der Waals surface area contributed by atoms with Gasteiger partial charge in [0.1, 0.15) is 6.33 Å². The van der Waals surface area contributed by atoms with Gasteiger partial charge < -0.3 is 20.0 Å². The third-order valence-electron chi connectivity index (χ3n) is 8.23. The number of hydrogen-bond donors (Lipinski definition) is 1. The highest BCUT2D eigenvalue weighted by molar-refractivity contribution is 5.82. The van der Waals surface area contributed by atoms with Crippen molar-refractivity contribution in [3.63, 3.8) is 0 Å². The highest BCUT2D eigenvalue weighted by atomic mass is 15.4. The van der Waals surface area contributed by atoms with Crippen molar-refractivity contribution >= 4 is 17.2 Å². The summed E-state index contributed by atoms with van der Waals surface area (Å²) in [7, 11) is 2.19. The number of likely N-dealkylation sites (N-methyl/N-ethyl adjacent to an activating group) is 1. The summed E-state index contributed by atoms with van der Waals surface area (Å²) in [6.07, 6.45) is 9.82. The zero-order chi connectivity index (χ0) is 29.9. The summed E-state index contributed by atoms with van der Waals surface area (Å²) >= 11 is 0. The molecule has 0 spiro atoms. The third-order valence-corrected chi connectivity index (χ3v) is 8.23. The number of nitrogens with zero attached hydrogens (tertiary/aromatic N) is 7. The number of benzene rings is 1. The van der Waals surface area contributed by atoms with E-state index in [1.807, 2.05) is 40.8 Å². The Morgan fingerprint density at radius 3 is 2.32 bits per heavy atom. The van der Waals surface area contributed by atoms with Crippen LogP contribution in [0.1, 0.15) is 104 Å². The van der Waals surface area contributed by atoms with E-state index in [4.69, 9.17) is 4.99 Å². The van der Waals surface area contributed by atoms with Crippen molar-refractivity contribution < 1.29 is 0 Å². The maximum absolute atomic E-state index is 4.94. The Hall–Kier alpha value is -3.13. The molecule has 1 aliphatic carbocycles. The molecule has 2 fully saturated rings. The van der Waals surface area contributed by atoms with Gasteiger partial charge in [-0.15, -0.1) is 10.2 Å². The highest BCUT2D eigenvalue weighted by Gasteiger charge is 2.38. The molecule has 3 aliphatic rings. The lowest BCUT2D eigenvalue weighted by atomic mass is 10.0. The molecule has 2 aromatic rings. The topological polar surface area (TPSA) is 64.8 Å². The molecule has 3 heterocycles. The molecule has 8 heteroatoms. The molecule has 1 saturated heterocycles. The quantitative estimate of drug-likeness (QED) is 0.306. The standard InChI is InChI=1S/C29H42N8.2C2H6/c1-6-27-29-33-31-20-36(29)28(22(3)37(27)26-9-7-8-10-26)19-30-23(4)32-21(2)24-11-13-25(14-12-24)35-17-15-34(5)16-18-35;2*1-2/h11-14,19-21,26-27H,3,6-10,15-18H2,1-2,4-5H3,(H,30,32);2*1-2H3/b28-19+;;. The second-order valence-corrected chi connectivity index (χ2v) is 10.7. The Kier molecular flexibility index (Phi) is 12.4. The molecule has 2 atom stereocenters. The monoisotopic (exact) mass is 562 g/mol. The first kappa shape index (κ1) is 32.4. The average molecular weight is 563 g/mol. The fourth-order valence-corrected chi connectivity index (χ4v) is 6.03. The summed E-state index contributed by atoms with van der Waals surface area (Å²) in [6.45, 7) is 23.3. The molecule has 2 aliphatic heterocycles. The summed E-state index contributed by atoms with van der Waals surface area (Å²) in [6, 6.07) is 9.70. The molecule has 1 aromatic heterocycles. The van der Waals surface area contributed by atoms with Crippen molar-refractivity contribution in [1.82, 2.24) is 29.9 Å². The molecule has 2 unspecified atom stereocenters. The van der Waals surface area contributed by atoms with Crippen LogP contribution in [-0.2, 0) is 0 Å². The molecule has 8 nitrogen and oxygen atoms in total. The Balaban J connectivity index is 0.00000111. The van der Waals surface area contributed by atoms with Gasteiger partial charge in [0.15, 0.2) is 5.82 Å². The van der Waals surface area contributed by atoms with Crippen LogP contribution in [0.2, 0.25) is 0 Å². The molecule has 0 bridgehead atoms. The molecule has 226 valence electrons. The van der Waals surface area contributed by atoms with Crippen molar-refractivity contribution in [2.75, 3.05) is 38.1 Å². The zero-order valence-electron chi connectivity index (χ0n) is 26.9. The van der Waals surface area contributed by atoms with Crippen molar-refractivity contribution in [3.05, 3.63) is 60.5 Å². The van der Waals surface area contributed by atoms with E-state index in [9.17, 15) is 0 Å². The Labute approximate surface area is 249 Å². The lowest BCUT2D eigenvalue weighted by Crippen LogP contribution is -2.44. The Morgan fingerprint density at radius 2 is 1.71 bits per heavy atom. The third kappa shape index (κ3) is 7.59. The number of fused-ring (bicyclic) bond motifs is 1.